The first-order chi connectivity index (χ1) is 18.7. The molecule has 7 rings (SSSR count). The number of nitro benzene ring substituents is 1. The maximum Gasteiger partial charge on any atom is 0.270 e. The lowest BCUT2D eigenvalue weighted by Gasteiger charge is -2.38. The van der Waals surface area contributed by atoms with Gasteiger partial charge < -0.3 is 10.6 Å². The van der Waals surface area contributed by atoms with E-state index in [1.807, 2.05) is 50.2 Å². The number of amides is 2. The normalized spacial score (nSPS) is 28.4. The van der Waals surface area contributed by atoms with Crippen LogP contribution in [0.1, 0.15) is 45.5 Å². The Bertz CT molecular complexity index is 1650. The monoisotopic (exact) mass is 522 g/mol. The Hall–Kier alpha value is -4.37. The summed E-state index contributed by atoms with van der Waals surface area (Å²) in [6.07, 6.45) is 1.41. The van der Waals surface area contributed by atoms with Gasteiger partial charge in [0.05, 0.1) is 10.8 Å². The third-order valence-electron chi connectivity index (χ3n) is 9.44. The van der Waals surface area contributed by atoms with Gasteiger partial charge in [-0.2, -0.15) is 0 Å². The Morgan fingerprint density at radius 2 is 1.79 bits per heavy atom. The summed E-state index contributed by atoms with van der Waals surface area (Å²) in [5.41, 5.74) is 1.66. The zero-order valence-corrected chi connectivity index (χ0v) is 21.5. The fraction of sp³-hybridized carbons (Fsp3) is 0.300. The largest absolute Gasteiger partial charge is 0.325 e. The van der Waals surface area contributed by atoms with Crippen LogP contribution in [0.3, 0.4) is 0 Å². The molecule has 0 radical (unpaired) electrons. The number of para-hydroxylation sites is 1. The summed E-state index contributed by atoms with van der Waals surface area (Å²) in [6, 6.07) is 16.4. The number of nitro groups is 1. The zero-order valence-electron chi connectivity index (χ0n) is 21.5. The third kappa shape index (κ3) is 2.70. The molecule has 2 saturated heterocycles. The van der Waals surface area contributed by atoms with Gasteiger partial charge in [0.25, 0.3) is 5.69 Å². The van der Waals surface area contributed by atoms with E-state index in [1.54, 1.807) is 0 Å². The number of carbonyl (C=O) groups is 3. The molecule has 0 bridgehead atoms. The highest BCUT2D eigenvalue weighted by Gasteiger charge is 2.78. The van der Waals surface area contributed by atoms with E-state index in [1.165, 1.54) is 24.3 Å². The molecule has 0 aromatic heterocycles. The number of nitrogens with one attached hydrogen (secondary N) is 2. The molecule has 4 aliphatic heterocycles. The summed E-state index contributed by atoms with van der Waals surface area (Å²) < 4.78 is 0. The fourth-order valence-electron chi connectivity index (χ4n) is 7.80. The van der Waals surface area contributed by atoms with Gasteiger partial charge in [-0.25, -0.2) is 0 Å². The standard InChI is InChI=1S/C30H26N4O5/c1-16-12-13-21-24(17(16)2)32-28(37)30(21)26(25(35)18-7-5-8-19(15-18)34(38)39)29(23-11-6-14-33(23)30)20-9-3-4-10-22(20)31-27(29)36/h3-5,7-10,12-13,15,23,26H,6,11,14H2,1-2H3,(H,31,36)(H,32,37)/t23-,26-,29-,30-/m1/s1. The van der Waals surface area contributed by atoms with Crippen LogP contribution in [0, 0.1) is 29.9 Å². The molecule has 2 spiro atoms. The summed E-state index contributed by atoms with van der Waals surface area (Å²) in [7, 11) is 0. The predicted molar refractivity (Wildman–Crippen MR) is 144 cm³/mol. The number of nitrogens with zero attached hydrogens (tertiary/aromatic N) is 2. The third-order valence-corrected chi connectivity index (χ3v) is 9.44. The van der Waals surface area contributed by atoms with Gasteiger partial charge in [0.15, 0.2) is 5.78 Å². The maximum atomic E-state index is 14.8. The van der Waals surface area contributed by atoms with Gasteiger partial charge in [-0.3, -0.25) is 29.4 Å². The van der Waals surface area contributed by atoms with Gasteiger partial charge in [0, 0.05) is 40.7 Å². The second kappa shape index (κ2) is 7.83. The molecule has 2 amide bonds. The fourth-order valence-corrected chi connectivity index (χ4v) is 7.80. The van der Waals surface area contributed by atoms with E-state index in [4.69, 9.17) is 0 Å². The minimum absolute atomic E-state index is 0.108. The van der Waals surface area contributed by atoms with Crippen LogP contribution >= 0.6 is 0 Å². The summed E-state index contributed by atoms with van der Waals surface area (Å²) >= 11 is 0. The Morgan fingerprint density at radius 1 is 1.00 bits per heavy atom. The van der Waals surface area contributed by atoms with Crippen LogP contribution in [-0.2, 0) is 20.5 Å². The average Bonchev–Trinajstić information content (AvgIpc) is 3.65. The molecule has 9 heteroatoms. The molecule has 2 fully saturated rings. The molecule has 0 aliphatic carbocycles. The molecule has 3 aromatic carbocycles. The number of Topliss-reactive ketones (excluding diaryl/α,β-unsaturated/α-hetero) is 1. The number of aryl methyl sites for hydroxylation is 1. The lowest BCUT2D eigenvalue weighted by atomic mass is 9.60. The SMILES string of the molecule is Cc1ccc2c(c1C)NC(=O)[C@]21[C@H](C(=O)c2cccc([N+](=O)[O-])c2)[C@]2(C(=O)Nc3ccccc32)[C@H]2CCCN21. The van der Waals surface area contributed by atoms with E-state index < -0.39 is 33.6 Å². The van der Waals surface area contributed by atoms with Crippen LogP contribution in [0.5, 0.6) is 0 Å². The first-order valence-electron chi connectivity index (χ1n) is 13.1. The Morgan fingerprint density at radius 3 is 2.59 bits per heavy atom. The predicted octanol–water partition coefficient (Wildman–Crippen LogP) is 4.23. The molecule has 196 valence electrons. The van der Waals surface area contributed by atoms with Crippen LogP contribution in [0.15, 0.2) is 60.7 Å². The smallest absolute Gasteiger partial charge is 0.270 e. The molecular weight excluding hydrogens is 496 g/mol. The number of carbonyl (C=O) groups excluding carboxylic acids is 3. The maximum absolute atomic E-state index is 14.8. The van der Waals surface area contributed by atoms with Crippen LogP contribution in [0.4, 0.5) is 17.1 Å². The van der Waals surface area contributed by atoms with Crippen LogP contribution in [0.2, 0.25) is 0 Å². The molecule has 3 aromatic rings. The first kappa shape index (κ1) is 23.7. The highest BCUT2D eigenvalue weighted by molar-refractivity contribution is 6.19. The second-order valence-corrected chi connectivity index (χ2v) is 11.0. The van der Waals surface area contributed by atoms with Crippen molar-refractivity contribution in [1.29, 1.82) is 0 Å². The minimum Gasteiger partial charge on any atom is -0.325 e. The molecule has 0 saturated carbocycles. The number of hydrogen-bond acceptors (Lipinski definition) is 6. The van der Waals surface area contributed by atoms with Gasteiger partial charge in [0.1, 0.15) is 11.0 Å². The first-order valence-corrected chi connectivity index (χ1v) is 13.1. The van der Waals surface area contributed by atoms with Gasteiger partial charge in [-0.05, 0) is 56.0 Å². The van der Waals surface area contributed by atoms with Crippen LogP contribution < -0.4 is 10.6 Å². The van der Waals surface area contributed by atoms with Crippen LogP contribution in [0.25, 0.3) is 0 Å². The van der Waals surface area contributed by atoms with E-state index in [9.17, 15) is 24.5 Å². The Kier molecular flexibility index (Phi) is 4.76. The number of rotatable bonds is 3. The molecule has 0 unspecified atom stereocenters. The van der Waals surface area contributed by atoms with Gasteiger partial charge >= 0.3 is 0 Å². The van der Waals surface area contributed by atoms with E-state index in [2.05, 4.69) is 15.5 Å². The van der Waals surface area contributed by atoms with Crippen molar-refractivity contribution in [3.63, 3.8) is 0 Å². The van der Waals surface area contributed by atoms with E-state index in [0.29, 0.717) is 35.5 Å². The van der Waals surface area contributed by atoms with Crippen molar-refractivity contribution in [2.75, 3.05) is 17.2 Å². The highest BCUT2D eigenvalue weighted by atomic mass is 16.6. The van der Waals surface area contributed by atoms with E-state index >= 15 is 0 Å². The number of non-ortho nitro benzene ring substituents is 1. The number of fused-ring (bicyclic) bond motifs is 7. The van der Waals surface area contributed by atoms with Gasteiger partial charge in [-0.15, -0.1) is 0 Å². The summed E-state index contributed by atoms with van der Waals surface area (Å²) in [4.78, 5) is 56.6. The number of ketones is 1. The molecule has 4 aliphatic rings. The molecule has 4 atom stereocenters. The molecule has 9 nitrogen and oxygen atoms in total. The molecule has 2 N–H and O–H groups in total. The highest BCUT2D eigenvalue weighted by Crippen LogP contribution is 2.66. The van der Waals surface area contributed by atoms with E-state index in [0.717, 1.165) is 17.5 Å². The van der Waals surface area contributed by atoms with Crippen molar-refractivity contribution in [2.45, 2.75) is 43.7 Å². The van der Waals surface area contributed by atoms with Crippen molar-refractivity contribution in [3.8, 4) is 0 Å². The topological polar surface area (TPSA) is 122 Å². The number of anilines is 2. The lowest BCUT2D eigenvalue weighted by Crippen LogP contribution is -2.55. The summed E-state index contributed by atoms with van der Waals surface area (Å²) in [5, 5.41) is 17.7. The summed E-state index contributed by atoms with van der Waals surface area (Å²) in [5.74, 6) is -2.26. The van der Waals surface area contributed by atoms with Crippen molar-refractivity contribution >= 4 is 34.7 Å². The lowest BCUT2D eigenvalue weighted by molar-refractivity contribution is -0.384. The van der Waals surface area contributed by atoms with Gasteiger partial charge in [0.2, 0.25) is 11.8 Å². The summed E-state index contributed by atoms with van der Waals surface area (Å²) in [6.45, 7) is 4.45. The van der Waals surface area contributed by atoms with Crippen molar-refractivity contribution in [1.82, 2.24) is 4.90 Å². The van der Waals surface area contributed by atoms with Crippen molar-refractivity contribution in [3.05, 3.63) is 98.6 Å². The molecule has 4 heterocycles. The zero-order chi connectivity index (χ0) is 27.3. The average molecular weight is 523 g/mol. The molecular formula is C30H26N4O5. The quantitative estimate of drug-likeness (QED) is 0.302. The second-order valence-electron chi connectivity index (χ2n) is 11.0. The van der Waals surface area contributed by atoms with Crippen molar-refractivity contribution in [2.24, 2.45) is 5.92 Å². The minimum atomic E-state index is -1.45. The molecule has 39 heavy (non-hydrogen) atoms. The number of hydrogen-bond donors (Lipinski definition) is 2. The Balaban J connectivity index is 1.58. The number of benzene rings is 3. The van der Waals surface area contributed by atoms with Gasteiger partial charge in [-0.1, -0.05) is 42.5 Å². The van der Waals surface area contributed by atoms with Crippen LogP contribution in [-0.4, -0.2) is 40.0 Å². The van der Waals surface area contributed by atoms with Crippen molar-refractivity contribution < 1.29 is 19.3 Å². The Labute approximate surface area is 224 Å². The van der Waals surface area contributed by atoms with E-state index in [-0.39, 0.29) is 23.1 Å².